The number of nitrogens with one attached hydrogen (secondary N) is 2. The summed E-state index contributed by atoms with van der Waals surface area (Å²) < 4.78 is 5.43. The number of methoxy groups -OCH3 is 1. The van der Waals surface area contributed by atoms with Crippen LogP contribution in [0.2, 0.25) is 0 Å². The van der Waals surface area contributed by atoms with Crippen molar-refractivity contribution in [3.05, 3.63) is 34.9 Å². The molecule has 0 radical (unpaired) electrons. The lowest BCUT2D eigenvalue weighted by molar-refractivity contribution is -0.141. The zero-order chi connectivity index (χ0) is 25.9. The van der Waals surface area contributed by atoms with E-state index in [0.717, 1.165) is 30.4 Å². The van der Waals surface area contributed by atoms with Gasteiger partial charge in [0.25, 0.3) is 0 Å². The first-order valence-electron chi connectivity index (χ1n) is 13.3. The topological polar surface area (TPSA) is 125 Å². The Morgan fingerprint density at radius 3 is 2.70 bits per heavy atom. The molecule has 7 rings (SSSR count). The van der Waals surface area contributed by atoms with Crippen LogP contribution in [0, 0.1) is 46.3 Å². The van der Waals surface area contributed by atoms with Crippen LogP contribution < -0.4 is 15.4 Å². The number of imide groups is 1. The van der Waals surface area contributed by atoms with E-state index in [-0.39, 0.29) is 47.7 Å². The molecule has 37 heavy (non-hydrogen) atoms. The maximum Gasteiger partial charge on any atom is 0.248 e. The number of benzene rings is 1. The molecule has 192 valence electrons. The number of hydrogen-bond acceptors (Lipinski definition) is 6. The number of Topliss-reactive ketones (excluding diaryl/α,β-unsaturated/α-hetero) is 1. The number of carbonyl (C=O) groups is 4. The van der Waals surface area contributed by atoms with Crippen molar-refractivity contribution in [2.24, 2.45) is 35.0 Å². The van der Waals surface area contributed by atoms with Crippen LogP contribution in [0.5, 0.6) is 5.75 Å². The molecule has 2 bridgehead atoms. The van der Waals surface area contributed by atoms with Gasteiger partial charge in [-0.2, -0.15) is 5.26 Å². The summed E-state index contributed by atoms with van der Waals surface area (Å²) in [6, 6.07) is 7.48. The Kier molecular flexibility index (Phi) is 5.70. The summed E-state index contributed by atoms with van der Waals surface area (Å²) in [5, 5.41) is 15.8. The zero-order valence-electron chi connectivity index (χ0n) is 20.9. The highest BCUT2D eigenvalue weighted by Crippen LogP contribution is 2.60. The Morgan fingerprint density at radius 1 is 1.19 bits per heavy atom. The van der Waals surface area contributed by atoms with Gasteiger partial charge in [0, 0.05) is 24.0 Å². The lowest BCUT2D eigenvalue weighted by Gasteiger charge is -2.52. The highest BCUT2D eigenvalue weighted by Gasteiger charge is 2.64. The van der Waals surface area contributed by atoms with E-state index in [1.807, 2.05) is 24.3 Å². The molecule has 4 saturated carbocycles. The van der Waals surface area contributed by atoms with Crippen molar-refractivity contribution < 1.29 is 23.9 Å². The predicted molar refractivity (Wildman–Crippen MR) is 133 cm³/mol. The van der Waals surface area contributed by atoms with Crippen LogP contribution in [0.15, 0.2) is 23.8 Å². The number of carbonyl (C=O) groups excluding carboxylic acids is 4. The second kappa shape index (κ2) is 8.83. The number of fused-ring (bicyclic) bond motifs is 3. The van der Waals surface area contributed by atoms with Crippen molar-refractivity contribution >= 4 is 29.6 Å². The van der Waals surface area contributed by atoms with Gasteiger partial charge >= 0.3 is 0 Å². The Hall–Kier alpha value is -3.47. The first kappa shape index (κ1) is 23.9. The van der Waals surface area contributed by atoms with Crippen molar-refractivity contribution in [1.29, 1.82) is 5.26 Å². The molecule has 3 amide bonds. The van der Waals surface area contributed by atoms with Gasteiger partial charge in [-0.15, -0.1) is 0 Å². The molecule has 0 spiro atoms. The fourth-order valence-corrected chi connectivity index (χ4v) is 7.45. The summed E-state index contributed by atoms with van der Waals surface area (Å²) in [5.74, 6) is -1.14. The van der Waals surface area contributed by atoms with E-state index in [4.69, 9.17) is 4.74 Å². The molecule has 8 nitrogen and oxygen atoms in total. The van der Waals surface area contributed by atoms with Gasteiger partial charge in [-0.25, -0.2) is 0 Å². The Bertz CT molecular complexity index is 1270. The highest BCUT2D eigenvalue weighted by atomic mass is 16.5. The lowest BCUT2D eigenvalue weighted by Crippen LogP contribution is -2.54. The summed E-state index contributed by atoms with van der Waals surface area (Å²) in [6.07, 6.45) is 6.84. The Balaban J connectivity index is 1.21. The van der Waals surface area contributed by atoms with E-state index in [9.17, 15) is 24.4 Å². The minimum Gasteiger partial charge on any atom is -0.496 e. The van der Waals surface area contributed by atoms with E-state index < -0.39 is 17.4 Å². The third-order valence-electron chi connectivity index (χ3n) is 9.40. The van der Waals surface area contributed by atoms with Crippen LogP contribution in [-0.2, 0) is 25.6 Å². The number of ether oxygens (including phenoxy) is 1. The van der Waals surface area contributed by atoms with Gasteiger partial charge in [0.05, 0.1) is 36.5 Å². The van der Waals surface area contributed by atoms with Crippen LogP contribution in [0.4, 0.5) is 0 Å². The van der Waals surface area contributed by atoms with Crippen LogP contribution in [0.1, 0.15) is 56.1 Å². The number of ketones is 1. The van der Waals surface area contributed by atoms with E-state index in [2.05, 4.69) is 16.7 Å². The Labute approximate surface area is 215 Å². The number of hydrogen-bond donors (Lipinski definition) is 2. The van der Waals surface area contributed by atoms with Crippen molar-refractivity contribution in [3.8, 4) is 11.8 Å². The zero-order valence-corrected chi connectivity index (χ0v) is 20.9. The second-order valence-electron chi connectivity index (χ2n) is 11.5. The van der Waals surface area contributed by atoms with Gasteiger partial charge in [-0.1, -0.05) is 25.0 Å². The molecule has 0 unspecified atom stereocenters. The molecule has 6 aliphatic rings. The quantitative estimate of drug-likeness (QED) is 0.528. The predicted octanol–water partition coefficient (Wildman–Crippen LogP) is 2.71. The minimum atomic E-state index is -0.980. The normalized spacial score (nSPS) is 32.1. The SMILES string of the molecule is COc1cccc2c1C=C(C(=O)N[C@@H](CC1CC1)C(=O)C[C@@]1(C#N)C[C@H]3CC[C@@H]1[C@H]1C(=O)NC(=O)[C@@H]31)C2. The third-order valence-corrected chi connectivity index (χ3v) is 9.40. The maximum atomic E-state index is 13.7. The average Bonchev–Trinajstić information content (AvgIpc) is 3.51. The molecule has 5 fully saturated rings. The fourth-order valence-electron chi connectivity index (χ4n) is 7.45. The standard InChI is InChI=1S/C29H31N3O5/c1-37-23-4-2-3-16-10-18(11-19(16)23)26(34)31-21(9-15-5-6-15)22(33)13-29(14-30)12-17-7-8-20(29)25-24(17)27(35)32-28(25)36/h2-4,11,15,17,20-21,24-25H,5-10,12-13H2,1H3,(H,31,34)(H,32,35,36)/t17-,20-,21+,24+,25-,29-/m1/s1. The molecule has 1 saturated heterocycles. The van der Waals surface area contributed by atoms with E-state index in [1.165, 1.54) is 0 Å². The van der Waals surface area contributed by atoms with Crippen LogP contribution in [-0.4, -0.2) is 36.7 Å². The minimum absolute atomic E-state index is 0.000119. The molecule has 5 aliphatic carbocycles. The number of nitriles is 1. The number of rotatable bonds is 8. The van der Waals surface area contributed by atoms with Gasteiger partial charge in [0.2, 0.25) is 17.7 Å². The first-order valence-corrected chi connectivity index (χ1v) is 13.3. The first-order chi connectivity index (χ1) is 17.8. The van der Waals surface area contributed by atoms with Crippen LogP contribution >= 0.6 is 0 Å². The molecule has 1 aliphatic heterocycles. The fraction of sp³-hybridized carbons (Fsp3) is 0.552. The van der Waals surface area contributed by atoms with Gasteiger partial charge in [0.1, 0.15) is 5.75 Å². The molecule has 8 heteroatoms. The van der Waals surface area contributed by atoms with Gasteiger partial charge in [0.15, 0.2) is 5.78 Å². The van der Waals surface area contributed by atoms with Gasteiger partial charge < -0.3 is 10.1 Å². The molecule has 0 aromatic heterocycles. The smallest absolute Gasteiger partial charge is 0.248 e. The summed E-state index contributed by atoms with van der Waals surface area (Å²) in [4.78, 5) is 52.1. The number of amides is 3. The van der Waals surface area contributed by atoms with Crippen molar-refractivity contribution in [3.63, 3.8) is 0 Å². The van der Waals surface area contributed by atoms with Crippen LogP contribution in [0.3, 0.4) is 0 Å². The molecule has 6 atom stereocenters. The Morgan fingerprint density at radius 2 is 1.97 bits per heavy atom. The summed E-state index contributed by atoms with van der Waals surface area (Å²) in [5.41, 5.74) is 1.51. The molecule has 2 N–H and O–H groups in total. The molecular weight excluding hydrogens is 470 g/mol. The second-order valence-corrected chi connectivity index (χ2v) is 11.5. The third kappa shape index (κ3) is 3.96. The van der Waals surface area contributed by atoms with E-state index in [1.54, 1.807) is 7.11 Å². The van der Waals surface area contributed by atoms with E-state index >= 15 is 0 Å². The molecule has 1 aromatic carbocycles. The van der Waals surface area contributed by atoms with Crippen molar-refractivity contribution in [2.45, 2.75) is 57.4 Å². The van der Waals surface area contributed by atoms with E-state index in [0.29, 0.717) is 42.9 Å². The molecule has 1 heterocycles. The number of nitrogens with zero attached hydrogens (tertiary/aromatic N) is 1. The summed E-state index contributed by atoms with van der Waals surface area (Å²) in [6.45, 7) is 0. The summed E-state index contributed by atoms with van der Waals surface area (Å²) in [7, 11) is 1.60. The average molecular weight is 502 g/mol. The van der Waals surface area contributed by atoms with Crippen molar-refractivity contribution in [1.82, 2.24) is 10.6 Å². The summed E-state index contributed by atoms with van der Waals surface area (Å²) >= 11 is 0. The molecular formula is C29H31N3O5. The molecule has 1 aromatic rings. The van der Waals surface area contributed by atoms with Gasteiger partial charge in [-0.3, -0.25) is 24.5 Å². The largest absolute Gasteiger partial charge is 0.496 e. The van der Waals surface area contributed by atoms with Crippen LogP contribution in [0.25, 0.3) is 6.08 Å². The van der Waals surface area contributed by atoms with Crippen molar-refractivity contribution in [2.75, 3.05) is 7.11 Å². The van der Waals surface area contributed by atoms with Gasteiger partial charge in [-0.05, 0) is 61.1 Å². The monoisotopic (exact) mass is 501 g/mol. The highest BCUT2D eigenvalue weighted by molar-refractivity contribution is 6.06. The lowest BCUT2D eigenvalue weighted by atomic mass is 9.48. The maximum absolute atomic E-state index is 13.7.